The number of rotatable bonds is 8. The van der Waals surface area contributed by atoms with Crippen LogP contribution in [0.2, 0.25) is 0 Å². The van der Waals surface area contributed by atoms with Crippen molar-refractivity contribution < 1.29 is 5.11 Å². The van der Waals surface area contributed by atoms with Crippen LogP contribution in [0.1, 0.15) is 23.4 Å². The van der Waals surface area contributed by atoms with E-state index in [-0.39, 0.29) is 6.61 Å². The van der Waals surface area contributed by atoms with Gasteiger partial charge in [-0.1, -0.05) is 18.2 Å². The highest BCUT2D eigenvalue weighted by molar-refractivity contribution is 7.98. The van der Waals surface area contributed by atoms with Gasteiger partial charge in [0, 0.05) is 36.2 Å². The Morgan fingerprint density at radius 2 is 2.00 bits per heavy atom. The Hall–Kier alpha value is -1.30. The zero-order valence-electron chi connectivity index (χ0n) is 13.5. The standard InChI is InChI=1S/C17H25N3OS/c1-13-17(11-18-15(9-10-21)12-22-3)14(2)20(19-13)16-7-5-4-6-8-16/h4-8,15,18,21H,9-12H2,1-3H3. The minimum atomic E-state index is 0.222. The highest BCUT2D eigenvalue weighted by Crippen LogP contribution is 2.18. The van der Waals surface area contributed by atoms with Crippen molar-refractivity contribution in [1.29, 1.82) is 0 Å². The number of aliphatic hydroxyl groups is 1. The highest BCUT2D eigenvalue weighted by Gasteiger charge is 2.14. The molecule has 2 aromatic rings. The van der Waals surface area contributed by atoms with Crippen molar-refractivity contribution in [3.8, 4) is 5.69 Å². The number of nitrogens with one attached hydrogen (secondary N) is 1. The predicted molar refractivity (Wildman–Crippen MR) is 93.8 cm³/mol. The Bertz CT molecular complexity index is 577. The summed E-state index contributed by atoms with van der Waals surface area (Å²) in [5.41, 5.74) is 4.56. The van der Waals surface area contributed by atoms with Gasteiger partial charge in [-0.15, -0.1) is 0 Å². The van der Waals surface area contributed by atoms with Crippen LogP contribution in [0.4, 0.5) is 0 Å². The molecule has 0 amide bonds. The molecule has 0 bridgehead atoms. The van der Waals surface area contributed by atoms with Gasteiger partial charge in [-0.2, -0.15) is 16.9 Å². The van der Waals surface area contributed by atoms with Crippen LogP contribution in [0.5, 0.6) is 0 Å². The summed E-state index contributed by atoms with van der Waals surface area (Å²) in [6, 6.07) is 10.5. The molecule has 0 radical (unpaired) electrons. The number of hydrogen-bond acceptors (Lipinski definition) is 4. The van der Waals surface area contributed by atoms with E-state index in [0.29, 0.717) is 6.04 Å². The van der Waals surface area contributed by atoms with Crippen LogP contribution in [0.25, 0.3) is 5.69 Å². The Kier molecular flexibility index (Phi) is 6.49. The molecule has 0 aliphatic rings. The fraction of sp³-hybridized carbons (Fsp3) is 0.471. The van der Waals surface area contributed by atoms with Crippen LogP contribution >= 0.6 is 11.8 Å². The maximum Gasteiger partial charge on any atom is 0.0648 e. The molecule has 1 aromatic heterocycles. The van der Waals surface area contributed by atoms with Gasteiger partial charge in [-0.25, -0.2) is 4.68 Å². The van der Waals surface area contributed by atoms with Gasteiger partial charge >= 0.3 is 0 Å². The molecular formula is C17H25N3OS. The molecule has 2 N–H and O–H groups in total. The molecule has 0 saturated heterocycles. The van der Waals surface area contributed by atoms with E-state index in [4.69, 9.17) is 5.11 Å². The quantitative estimate of drug-likeness (QED) is 0.785. The summed E-state index contributed by atoms with van der Waals surface area (Å²) >= 11 is 1.80. The fourth-order valence-electron chi connectivity index (χ4n) is 2.60. The van der Waals surface area contributed by atoms with Gasteiger partial charge in [-0.3, -0.25) is 0 Å². The monoisotopic (exact) mass is 319 g/mol. The average molecular weight is 319 g/mol. The molecule has 0 aliphatic heterocycles. The molecule has 1 unspecified atom stereocenters. The molecule has 0 saturated carbocycles. The van der Waals surface area contributed by atoms with Crippen LogP contribution in [-0.2, 0) is 6.54 Å². The number of hydrogen-bond donors (Lipinski definition) is 2. The summed E-state index contributed by atoms with van der Waals surface area (Å²) < 4.78 is 2.00. The van der Waals surface area contributed by atoms with Gasteiger partial charge in [0.05, 0.1) is 11.4 Å². The average Bonchev–Trinajstić information content (AvgIpc) is 2.81. The van der Waals surface area contributed by atoms with Gasteiger partial charge < -0.3 is 10.4 Å². The third-order valence-electron chi connectivity index (χ3n) is 3.85. The highest BCUT2D eigenvalue weighted by atomic mass is 32.2. The molecule has 1 atom stereocenters. The second-order valence-corrected chi connectivity index (χ2v) is 6.35. The smallest absolute Gasteiger partial charge is 0.0648 e. The normalized spacial score (nSPS) is 12.5. The summed E-state index contributed by atoms with van der Waals surface area (Å²) in [6.07, 6.45) is 2.88. The molecule has 4 nitrogen and oxygen atoms in total. The van der Waals surface area contributed by atoms with Crippen LogP contribution in [0.15, 0.2) is 30.3 Å². The van der Waals surface area contributed by atoms with Crippen molar-refractivity contribution in [2.75, 3.05) is 18.6 Å². The van der Waals surface area contributed by atoms with Crippen molar-refractivity contribution in [3.05, 3.63) is 47.3 Å². The van der Waals surface area contributed by atoms with E-state index in [0.717, 1.165) is 30.1 Å². The SMILES string of the molecule is CSCC(CCO)NCc1c(C)nn(-c2ccccc2)c1C. The van der Waals surface area contributed by atoms with E-state index in [1.807, 2.05) is 22.9 Å². The molecule has 0 aliphatic carbocycles. The summed E-state index contributed by atoms with van der Waals surface area (Å²) in [7, 11) is 0. The first kappa shape index (κ1) is 17.1. The first-order chi connectivity index (χ1) is 10.7. The molecular weight excluding hydrogens is 294 g/mol. The van der Waals surface area contributed by atoms with Crippen LogP contribution in [0.3, 0.4) is 0 Å². The summed E-state index contributed by atoms with van der Waals surface area (Å²) in [6.45, 7) is 5.17. The van der Waals surface area contributed by atoms with Gasteiger partial charge in [0.1, 0.15) is 0 Å². The van der Waals surface area contributed by atoms with Crippen LogP contribution in [0, 0.1) is 13.8 Å². The topological polar surface area (TPSA) is 50.1 Å². The van der Waals surface area contributed by atoms with Crippen LogP contribution < -0.4 is 5.32 Å². The fourth-order valence-corrected chi connectivity index (χ4v) is 3.29. The molecule has 2 rings (SSSR count). The molecule has 0 spiro atoms. The van der Waals surface area contributed by atoms with E-state index in [9.17, 15) is 0 Å². The molecule has 0 fully saturated rings. The summed E-state index contributed by atoms with van der Waals surface area (Å²) in [5, 5.41) is 17.4. The molecule has 22 heavy (non-hydrogen) atoms. The van der Waals surface area contributed by atoms with Crippen molar-refractivity contribution in [2.24, 2.45) is 0 Å². The Morgan fingerprint density at radius 1 is 1.27 bits per heavy atom. The van der Waals surface area contributed by atoms with E-state index < -0.39 is 0 Å². The number of aryl methyl sites for hydroxylation is 1. The Labute approximate surface area is 136 Å². The van der Waals surface area contributed by atoms with Gasteiger partial charge in [0.2, 0.25) is 0 Å². The number of para-hydroxylation sites is 1. The van der Waals surface area contributed by atoms with Crippen molar-refractivity contribution >= 4 is 11.8 Å². The van der Waals surface area contributed by atoms with E-state index >= 15 is 0 Å². The van der Waals surface area contributed by atoms with Crippen molar-refractivity contribution in [3.63, 3.8) is 0 Å². The van der Waals surface area contributed by atoms with E-state index in [2.05, 4.69) is 42.7 Å². The molecule has 5 heteroatoms. The van der Waals surface area contributed by atoms with Gasteiger partial charge in [-0.05, 0) is 38.7 Å². The molecule has 1 heterocycles. The largest absolute Gasteiger partial charge is 0.396 e. The Balaban J connectivity index is 2.13. The first-order valence-electron chi connectivity index (χ1n) is 7.61. The second-order valence-electron chi connectivity index (χ2n) is 5.44. The molecule has 120 valence electrons. The minimum absolute atomic E-state index is 0.222. The number of aliphatic hydroxyl groups excluding tert-OH is 1. The lowest BCUT2D eigenvalue weighted by atomic mass is 10.1. The lowest BCUT2D eigenvalue weighted by Gasteiger charge is -2.16. The van der Waals surface area contributed by atoms with Crippen molar-refractivity contribution in [2.45, 2.75) is 32.9 Å². The molecule has 1 aromatic carbocycles. The number of aromatic nitrogens is 2. The summed E-state index contributed by atoms with van der Waals surface area (Å²) in [4.78, 5) is 0. The predicted octanol–water partition coefficient (Wildman–Crippen LogP) is 2.69. The number of nitrogens with zero attached hydrogens (tertiary/aromatic N) is 2. The maximum absolute atomic E-state index is 9.16. The van der Waals surface area contributed by atoms with Gasteiger partial charge in [0.25, 0.3) is 0 Å². The van der Waals surface area contributed by atoms with E-state index in [1.54, 1.807) is 11.8 Å². The summed E-state index contributed by atoms with van der Waals surface area (Å²) in [5.74, 6) is 1.01. The minimum Gasteiger partial charge on any atom is -0.396 e. The van der Waals surface area contributed by atoms with Crippen molar-refractivity contribution in [1.82, 2.24) is 15.1 Å². The third kappa shape index (κ3) is 4.12. The lowest BCUT2D eigenvalue weighted by molar-refractivity contribution is 0.269. The zero-order valence-corrected chi connectivity index (χ0v) is 14.4. The third-order valence-corrected chi connectivity index (χ3v) is 4.59. The van der Waals surface area contributed by atoms with Crippen LogP contribution in [-0.4, -0.2) is 39.5 Å². The van der Waals surface area contributed by atoms with E-state index in [1.165, 1.54) is 11.3 Å². The second kappa shape index (κ2) is 8.36. The number of thioether (sulfide) groups is 1. The Morgan fingerprint density at radius 3 is 2.64 bits per heavy atom. The first-order valence-corrected chi connectivity index (χ1v) is 9.00. The lowest BCUT2D eigenvalue weighted by Crippen LogP contribution is -2.32. The van der Waals surface area contributed by atoms with Gasteiger partial charge in [0.15, 0.2) is 0 Å². The number of benzene rings is 1. The maximum atomic E-state index is 9.16. The zero-order chi connectivity index (χ0) is 15.9.